The summed E-state index contributed by atoms with van der Waals surface area (Å²) in [5, 5.41) is 0.741. The molecule has 4 nitrogen and oxygen atoms in total. The van der Waals surface area contributed by atoms with Crippen LogP contribution in [0.4, 0.5) is 0 Å². The van der Waals surface area contributed by atoms with Gasteiger partial charge in [-0.05, 0) is 24.3 Å². The Hall–Kier alpha value is -1.78. The first-order valence-electron chi connectivity index (χ1n) is 7.30. The zero-order valence-electron chi connectivity index (χ0n) is 11.9. The van der Waals surface area contributed by atoms with Crippen LogP contribution in [-0.2, 0) is 9.59 Å². The van der Waals surface area contributed by atoms with Crippen molar-refractivity contribution in [3.8, 4) is 5.75 Å². The topological polar surface area (TPSA) is 56.5 Å². The maximum atomic E-state index is 12.6. The summed E-state index contributed by atoms with van der Waals surface area (Å²) in [7, 11) is 0. The van der Waals surface area contributed by atoms with Crippen LogP contribution in [0.3, 0.4) is 0 Å². The largest absolute Gasteiger partial charge is 0.469 e. The number of furan rings is 1. The Kier molecular flexibility index (Phi) is 3.47. The lowest BCUT2D eigenvalue weighted by Gasteiger charge is -2.39. The summed E-state index contributed by atoms with van der Waals surface area (Å²) in [6, 6.07) is 6.79. The lowest BCUT2D eigenvalue weighted by atomic mass is 9.67. The quantitative estimate of drug-likeness (QED) is 0.566. The van der Waals surface area contributed by atoms with E-state index < -0.39 is 5.92 Å². The molecule has 1 fully saturated rings. The molecule has 0 bridgehead atoms. The Morgan fingerprint density at radius 2 is 1.87 bits per heavy atom. The molecular formula is C17H12Cl2O4. The number of halogens is 2. The predicted octanol–water partition coefficient (Wildman–Crippen LogP) is 4.35. The van der Waals surface area contributed by atoms with Gasteiger partial charge in [0.2, 0.25) is 0 Å². The van der Waals surface area contributed by atoms with Gasteiger partial charge in [-0.2, -0.15) is 0 Å². The molecule has 1 aromatic carbocycles. The Bertz CT molecular complexity index is 797. The number of esters is 1. The molecule has 0 amide bonds. The molecule has 2 aromatic rings. The SMILES string of the molecule is O=C1C[C@H](c2ccco2)[C@@H]2C(=O)Oc3c(Cl)cc(Cl)cc3[C@@H]2C1. The average Bonchev–Trinajstić information content (AvgIpc) is 3.02. The van der Waals surface area contributed by atoms with Crippen LogP contribution >= 0.6 is 23.2 Å². The maximum absolute atomic E-state index is 12.6. The van der Waals surface area contributed by atoms with E-state index in [2.05, 4.69) is 0 Å². The fraction of sp³-hybridized carbons (Fsp3) is 0.294. The van der Waals surface area contributed by atoms with E-state index in [1.54, 1.807) is 24.5 Å². The van der Waals surface area contributed by atoms with Gasteiger partial charge in [-0.1, -0.05) is 23.2 Å². The minimum atomic E-state index is -0.471. The number of ether oxygens (including phenoxy) is 1. The van der Waals surface area contributed by atoms with Gasteiger partial charge in [0.15, 0.2) is 5.75 Å². The van der Waals surface area contributed by atoms with Crippen LogP contribution in [0, 0.1) is 5.92 Å². The number of Topliss-reactive ketones (excluding diaryl/α,β-unsaturated/α-hetero) is 1. The van der Waals surface area contributed by atoms with E-state index in [4.69, 9.17) is 32.4 Å². The molecule has 118 valence electrons. The second-order valence-electron chi connectivity index (χ2n) is 5.93. The lowest BCUT2D eigenvalue weighted by molar-refractivity contribution is -0.144. The number of rotatable bonds is 1. The van der Waals surface area contributed by atoms with Gasteiger partial charge in [0.25, 0.3) is 0 Å². The first-order chi connectivity index (χ1) is 11.0. The van der Waals surface area contributed by atoms with Gasteiger partial charge >= 0.3 is 5.97 Å². The fourth-order valence-corrected chi connectivity index (χ4v) is 4.20. The summed E-state index contributed by atoms with van der Waals surface area (Å²) in [6.07, 6.45) is 2.09. The van der Waals surface area contributed by atoms with E-state index >= 15 is 0 Å². The van der Waals surface area contributed by atoms with Crippen molar-refractivity contribution in [3.05, 3.63) is 51.9 Å². The molecule has 6 heteroatoms. The molecule has 0 spiro atoms. The molecule has 0 saturated heterocycles. The van der Waals surface area contributed by atoms with E-state index in [1.165, 1.54) is 6.07 Å². The van der Waals surface area contributed by atoms with Crippen molar-refractivity contribution in [1.82, 2.24) is 0 Å². The van der Waals surface area contributed by atoms with Gasteiger partial charge in [-0.25, -0.2) is 0 Å². The fourth-order valence-electron chi connectivity index (χ4n) is 3.65. The number of fused-ring (bicyclic) bond motifs is 3. The summed E-state index contributed by atoms with van der Waals surface area (Å²) in [6.45, 7) is 0. The first kappa shape index (κ1) is 14.8. The summed E-state index contributed by atoms with van der Waals surface area (Å²) in [5.41, 5.74) is 0.719. The zero-order chi connectivity index (χ0) is 16.1. The monoisotopic (exact) mass is 350 g/mol. The molecule has 1 aliphatic heterocycles. The maximum Gasteiger partial charge on any atom is 0.315 e. The molecule has 2 heterocycles. The zero-order valence-corrected chi connectivity index (χ0v) is 13.4. The number of hydrogen-bond acceptors (Lipinski definition) is 4. The van der Waals surface area contributed by atoms with E-state index in [9.17, 15) is 9.59 Å². The molecule has 0 radical (unpaired) electrons. The minimum absolute atomic E-state index is 0.0874. The second kappa shape index (κ2) is 5.39. The number of ketones is 1. The van der Waals surface area contributed by atoms with E-state index in [-0.39, 0.29) is 41.5 Å². The molecule has 1 saturated carbocycles. The Balaban J connectivity index is 1.85. The predicted molar refractivity (Wildman–Crippen MR) is 84.0 cm³/mol. The Labute approximate surface area is 142 Å². The summed E-state index contributed by atoms with van der Waals surface area (Å²) >= 11 is 12.2. The molecule has 2 aliphatic rings. The van der Waals surface area contributed by atoms with Gasteiger partial charge in [0, 0.05) is 35.3 Å². The van der Waals surface area contributed by atoms with Crippen molar-refractivity contribution < 1.29 is 18.7 Å². The van der Waals surface area contributed by atoms with Crippen LogP contribution in [0.1, 0.15) is 36.0 Å². The summed E-state index contributed by atoms with van der Waals surface area (Å²) in [5.74, 6) is -0.434. The smallest absolute Gasteiger partial charge is 0.315 e. The van der Waals surface area contributed by atoms with Crippen molar-refractivity contribution >= 4 is 35.0 Å². The van der Waals surface area contributed by atoms with Crippen LogP contribution in [0.15, 0.2) is 34.9 Å². The third kappa shape index (κ3) is 2.37. The van der Waals surface area contributed by atoms with Crippen LogP contribution in [0.2, 0.25) is 10.0 Å². The van der Waals surface area contributed by atoms with Gasteiger partial charge in [0.1, 0.15) is 11.5 Å². The number of carbonyl (C=O) groups is 2. The van der Waals surface area contributed by atoms with E-state index in [0.717, 1.165) is 5.56 Å². The van der Waals surface area contributed by atoms with E-state index in [1.807, 2.05) is 0 Å². The third-order valence-electron chi connectivity index (χ3n) is 4.58. The van der Waals surface area contributed by atoms with Crippen LogP contribution < -0.4 is 4.74 Å². The highest BCUT2D eigenvalue weighted by atomic mass is 35.5. The highest BCUT2D eigenvalue weighted by Gasteiger charge is 2.49. The third-order valence-corrected chi connectivity index (χ3v) is 5.08. The highest BCUT2D eigenvalue weighted by molar-refractivity contribution is 6.35. The van der Waals surface area contributed by atoms with Crippen molar-refractivity contribution in [3.63, 3.8) is 0 Å². The average molecular weight is 351 g/mol. The number of hydrogen-bond donors (Lipinski definition) is 0. The molecular weight excluding hydrogens is 339 g/mol. The van der Waals surface area contributed by atoms with Crippen molar-refractivity contribution in [2.24, 2.45) is 5.92 Å². The summed E-state index contributed by atoms with van der Waals surface area (Å²) in [4.78, 5) is 24.8. The Morgan fingerprint density at radius 3 is 2.61 bits per heavy atom. The number of carbonyl (C=O) groups excluding carboxylic acids is 2. The van der Waals surface area contributed by atoms with Crippen molar-refractivity contribution in [1.29, 1.82) is 0 Å². The molecule has 3 atom stereocenters. The summed E-state index contributed by atoms with van der Waals surface area (Å²) < 4.78 is 10.9. The minimum Gasteiger partial charge on any atom is -0.469 e. The molecule has 1 aliphatic carbocycles. The normalized spacial score (nSPS) is 26.4. The highest BCUT2D eigenvalue weighted by Crippen LogP contribution is 2.52. The standard InChI is InChI=1S/C17H12Cl2O4/c18-8-4-11-10-6-9(20)7-12(14-2-1-3-22-14)15(10)17(21)23-16(11)13(19)5-8/h1-5,10,12,15H,6-7H2/t10-,12+,15+/m0/s1. The number of benzene rings is 1. The second-order valence-corrected chi connectivity index (χ2v) is 6.77. The molecule has 0 unspecified atom stereocenters. The lowest BCUT2D eigenvalue weighted by Crippen LogP contribution is -2.41. The van der Waals surface area contributed by atoms with E-state index in [0.29, 0.717) is 16.5 Å². The van der Waals surface area contributed by atoms with Gasteiger partial charge in [-0.15, -0.1) is 0 Å². The van der Waals surface area contributed by atoms with Gasteiger partial charge in [0.05, 0.1) is 17.2 Å². The molecule has 1 aromatic heterocycles. The van der Waals surface area contributed by atoms with Gasteiger partial charge in [-0.3, -0.25) is 9.59 Å². The Morgan fingerprint density at radius 1 is 1.09 bits per heavy atom. The first-order valence-corrected chi connectivity index (χ1v) is 8.06. The van der Waals surface area contributed by atoms with Crippen molar-refractivity contribution in [2.75, 3.05) is 0 Å². The van der Waals surface area contributed by atoms with Crippen LogP contribution in [0.25, 0.3) is 0 Å². The van der Waals surface area contributed by atoms with Gasteiger partial charge < -0.3 is 9.15 Å². The molecule has 4 rings (SSSR count). The molecule has 23 heavy (non-hydrogen) atoms. The van der Waals surface area contributed by atoms with Crippen molar-refractivity contribution in [2.45, 2.75) is 24.7 Å². The van der Waals surface area contributed by atoms with Crippen LogP contribution in [-0.4, -0.2) is 11.8 Å². The van der Waals surface area contributed by atoms with Crippen LogP contribution in [0.5, 0.6) is 5.75 Å². The molecule has 0 N–H and O–H groups in total.